The molecule has 3 atom stereocenters. The zero-order valence-corrected chi connectivity index (χ0v) is 24.2. The highest BCUT2D eigenvalue weighted by Crippen LogP contribution is 2.44. The maximum atomic E-state index is 14.4. The number of aromatic nitrogens is 1. The largest absolute Gasteiger partial charge is 0.404 e. The molecule has 10 nitrogen and oxygen atoms in total. The third-order valence-corrected chi connectivity index (χ3v) is 9.22. The van der Waals surface area contributed by atoms with Crippen LogP contribution in [0.2, 0.25) is 0 Å². The number of carbonyl (C=O) groups is 1. The van der Waals surface area contributed by atoms with Gasteiger partial charge in [-0.05, 0) is 31.2 Å². The van der Waals surface area contributed by atoms with Crippen molar-refractivity contribution in [2.75, 3.05) is 75.9 Å². The zero-order chi connectivity index (χ0) is 29.6. The van der Waals surface area contributed by atoms with E-state index in [0.29, 0.717) is 56.8 Å². The topological polar surface area (TPSA) is 99.8 Å². The van der Waals surface area contributed by atoms with E-state index in [-0.39, 0.29) is 23.7 Å². The van der Waals surface area contributed by atoms with Crippen LogP contribution in [0.4, 0.5) is 20.3 Å². The molecular weight excluding hydrogens is 544 g/mol. The quantitative estimate of drug-likeness (QED) is 0.488. The molecule has 1 spiro atoms. The van der Waals surface area contributed by atoms with Gasteiger partial charge in [-0.1, -0.05) is 18.7 Å². The fraction of sp³-hybridized carbons (Fsp3) is 0.567. The number of nitrogens with two attached hydrogens (primary N) is 1. The van der Waals surface area contributed by atoms with Gasteiger partial charge < -0.3 is 29.9 Å². The molecule has 0 bridgehead atoms. The highest BCUT2D eigenvalue weighted by molar-refractivity contribution is 6.08. The summed E-state index contributed by atoms with van der Waals surface area (Å²) in [5.74, 6) is 0.477. The first-order chi connectivity index (χ1) is 20.3. The van der Waals surface area contributed by atoms with Gasteiger partial charge in [-0.3, -0.25) is 14.7 Å². The van der Waals surface area contributed by atoms with Crippen LogP contribution in [0.25, 0.3) is 6.08 Å². The van der Waals surface area contributed by atoms with E-state index in [1.807, 2.05) is 34.9 Å². The number of hydrogen-bond acceptors (Lipinski definition) is 9. The van der Waals surface area contributed by atoms with Gasteiger partial charge in [-0.25, -0.2) is 13.8 Å². The fourth-order valence-corrected chi connectivity index (χ4v) is 6.91. The minimum atomic E-state index is -2.71. The normalized spacial score (nSPS) is 27.2. The molecule has 1 amide bonds. The predicted octanol–water partition coefficient (Wildman–Crippen LogP) is 2.23. The molecule has 0 aromatic carbocycles. The molecular formula is C30H39F2N7O3. The van der Waals surface area contributed by atoms with Gasteiger partial charge in [0.25, 0.3) is 6.43 Å². The molecule has 3 fully saturated rings. The molecule has 0 radical (unpaired) electrons. The van der Waals surface area contributed by atoms with Crippen molar-refractivity contribution in [3.05, 3.63) is 47.8 Å². The number of pyridine rings is 1. The minimum absolute atomic E-state index is 0.0374. The number of carbonyl (C=O) groups excluding carboxylic acids is 1. The molecule has 1 aromatic rings. The molecule has 226 valence electrons. The van der Waals surface area contributed by atoms with Crippen LogP contribution in [-0.2, 0) is 14.3 Å². The summed E-state index contributed by atoms with van der Waals surface area (Å²) in [5.41, 5.74) is 7.90. The summed E-state index contributed by atoms with van der Waals surface area (Å²) in [7, 11) is 1.63. The molecule has 0 saturated carbocycles. The van der Waals surface area contributed by atoms with Crippen molar-refractivity contribution in [2.45, 2.75) is 43.5 Å². The number of hydrogen-bond donors (Lipinski definition) is 1. The number of piperazine rings is 1. The smallest absolute Gasteiger partial charge is 0.281 e. The molecule has 1 aromatic heterocycles. The number of nitrogens with zero attached hydrogens (tertiary/aromatic N) is 6. The summed E-state index contributed by atoms with van der Waals surface area (Å²) in [5, 5.41) is 0. The van der Waals surface area contributed by atoms with E-state index in [1.54, 1.807) is 7.11 Å². The second kappa shape index (κ2) is 11.4. The molecule has 42 heavy (non-hydrogen) atoms. The number of anilines is 2. The number of amides is 1. The second-order valence-corrected chi connectivity index (χ2v) is 11.7. The summed E-state index contributed by atoms with van der Waals surface area (Å²) in [6, 6.07) is 2.29. The monoisotopic (exact) mass is 583 g/mol. The van der Waals surface area contributed by atoms with E-state index in [1.165, 1.54) is 12.3 Å². The number of fused-ring (bicyclic) bond motifs is 3. The van der Waals surface area contributed by atoms with E-state index in [9.17, 15) is 13.6 Å². The lowest BCUT2D eigenvalue weighted by molar-refractivity contribution is -0.128. The molecule has 5 aliphatic heterocycles. The summed E-state index contributed by atoms with van der Waals surface area (Å²) in [4.78, 5) is 29.9. The van der Waals surface area contributed by atoms with Crippen LogP contribution < -0.4 is 15.5 Å². The van der Waals surface area contributed by atoms with E-state index in [4.69, 9.17) is 20.2 Å². The molecule has 12 heteroatoms. The van der Waals surface area contributed by atoms with Crippen LogP contribution in [0.1, 0.15) is 31.0 Å². The van der Waals surface area contributed by atoms with E-state index >= 15 is 0 Å². The van der Waals surface area contributed by atoms with Crippen LogP contribution in [0.5, 0.6) is 0 Å². The number of alkyl halides is 2. The van der Waals surface area contributed by atoms with E-state index in [0.717, 1.165) is 43.0 Å². The average Bonchev–Trinajstić information content (AvgIpc) is 3.10. The summed E-state index contributed by atoms with van der Waals surface area (Å²) in [6.45, 7) is 10.9. The van der Waals surface area contributed by atoms with Crippen molar-refractivity contribution < 1.29 is 23.0 Å². The Kier molecular flexibility index (Phi) is 7.79. The number of methoxy groups -OCH3 is 1. The highest BCUT2D eigenvalue weighted by atomic mass is 19.3. The lowest BCUT2D eigenvalue weighted by atomic mass is 9.83. The lowest BCUT2D eigenvalue weighted by Crippen LogP contribution is -2.70. The Hall–Kier alpha value is -3.35. The first-order valence-electron chi connectivity index (χ1n) is 14.5. The minimum Gasteiger partial charge on any atom is -0.404 e. The van der Waals surface area contributed by atoms with Crippen LogP contribution in [-0.4, -0.2) is 116 Å². The van der Waals surface area contributed by atoms with Gasteiger partial charge in [0.2, 0.25) is 5.91 Å². The molecule has 6 rings (SSSR count). The molecule has 2 unspecified atom stereocenters. The molecule has 5 aliphatic rings. The van der Waals surface area contributed by atoms with Crippen LogP contribution >= 0.6 is 0 Å². The first-order valence-corrected chi connectivity index (χ1v) is 14.5. The number of rotatable bonds is 7. The maximum Gasteiger partial charge on any atom is 0.281 e. The van der Waals surface area contributed by atoms with Crippen molar-refractivity contribution in [1.29, 1.82) is 0 Å². The standard InChI is InChI=1S/C30H39F2N7O3/c1-4-26(40)37-10-8-36(9-11-37)24-14-39-22(24)7-5-6-21-23(39)12-25(35-27(21)29(31)32)38-17-30(18-38)28(19(2)13-33)34-20(15-41-3)16-42-30/h4-6,12-13,20,22,24,29H,1,7-11,14-18,33H2,2-3H3/t20-,22?,24?/m0/s1. The Bertz CT molecular complexity index is 1320. The van der Waals surface area contributed by atoms with Crippen molar-refractivity contribution in [1.82, 2.24) is 14.8 Å². The van der Waals surface area contributed by atoms with Crippen LogP contribution in [0.3, 0.4) is 0 Å². The van der Waals surface area contributed by atoms with Gasteiger partial charge in [0, 0.05) is 63.5 Å². The van der Waals surface area contributed by atoms with Crippen molar-refractivity contribution in [2.24, 2.45) is 10.7 Å². The van der Waals surface area contributed by atoms with Crippen molar-refractivity contribution in [3.8, 4) is 0 Å². The molecule has 6 heterocycles. The summed E-state index contributed by atoms with van der Waals surface area (Å²) >= 11 is 0. The van der Waals surface area contributed by atoms with Crippen LogP contribution in [0.15, 0.2) is 41.6 Å². The SMILES string of the molecule is C=CC(=O)N1CCN(C2CN3c4cc(N5CC6(C5)OC[C@H](COC)N=C6C(C)=CN)nc(C(F)F)c4C=CCC23)CC1. The van der Waals surface area contributed by atoms with Crippen molar-refractivity contribution in [3.63, 3.8) is 0 Å². The Morgan fingerprint density at radius 3 is 2.71 bits per heavy atom. The van der Waals surface area contributed by atoms with E-state index in [2.05, 4.69) is 21.4 Å². The fourth-order valence-electron chi connectivity index (χ4n) is 6.91. The molecule has 3 saturated heterocycles. The highest BCUT2D eigenvalue weighted by Gasteiger charge is 2.52. The van der Waals surface area contributed by atoms with Gasteiger partial charge in [0.05, 0.1) is 43.7 Å². The number of halogens is 2. The Morgan fingerprint density at radius 2 is 2.05 bits per heavy atom. The van der Waals surface area contributed by atoms with Crippen molar-refractivity contribution >= 4 is 29.2 Å². The predicted molar refractivity (Wildman–Crippen MR) is 158 cm³/mol. The Balaban J connectivity index is 1.23. The molecule has 2 N–H and O–H groups in total. The Labute approximate surface area is 245 Å². The summed E-state index contributed by atoms with van der Waals surface area (Å²) < 4.78 is 40.4. The zero-order valence-electron chi connectivity index (χ0n) is 24.2. The summed E-state index contributed by atoms with van der Waals surface area (Å²) in [6.07, 6.45) is 4.75. The molecule has 0 aliphatic carbocycles. The van der Waals surface area contributed by atoms with Gasteiger partial charge >= 0.3 is 0 Å². The van der Waals surface area contributed by atoms with Gasteiger partial charge in [-0.2, -0.15) is 0 Å². The number of ether oxygens (including phenoxy) is 2. The average molecular weight is 584 g/mol. The lowest BCUT2D eigenvalue weighted by Gasteiger charge is -2.55. The number of aliphatic imine (C=N–C) groups is 1. The van der Waals surface area contributed by atoms with Gasteiger partial charge in [0.1, 0.15) is 17.1 Å². The van der Waals surface area contributed by atoms with Gasteiger partial charge in [0.15, 0.2) is 0 Å². The Morgan fingerprint density at radius 1 is 1.29 bits per heavy atom. The second-order valence-electron chi connectivity index (χ2n) is 11.7. The maximum absolute atomic E-state index is 14.4. The third-order valence-electron chi connectivity index (χ3n) is 9.22. The van der Waals surface area contributed by atoms with Gasteiger partial charge in [-0.15, -0.1) is 0 Å². The van der Waals surface area contributed by atoms with Crippen LogP contribution in [0, 0.1) is 0 Å². The first kappa shape index (κ1) is 28.8. The van der Waals surface area contributed by atoms with E-state index < -0.39 is 12.0 Å². The third kappa shape index (κ3) is 4.88.